The topological polar surface area (TPSA) is 105 Å². The molecule has 19 heavy (non-hydrogen) atoms. The summed E-state index contributed by atoms with van der Waals surface area (Å²) in [7, 11) is 0. The molecule has 0 aliphatic heterocycles. The number of hydrogen-bond acceptors (Lipinski definition) is 5. The molecule has 0 fully saturated rings. The van der Waals surface area contributed by atoms with Crippen LogP contribution in [0.25, 0.3) is 0 Å². The van der Waals surface area contributed by atoms with Gasteiger partial charge in [-0.3, -0.25) is 4.79 Å². The maximum absolute atomic E-state index is 13.3. The van der Waals surface area contributed by atoms with Gasteiger partial charge in [-0.05, 0) is 12.1 Å². The van der Waals surface area contributed by atoms with E-state index < -0.39 is 11.4 Å². The van der Waals surface area contributed by atoms with E-state index in [9.17, 15) is 9.18 Å². The Hall–Kier alpha value is -2.59. The van der Waals surface area contributed by atoms with Gasteiger partial charge < -0.3 is 15.5 Å². The molecule has 8 heteroatoms. The Labute approximate surface area is 113 Å². The normalized spacial score (nSPS) is 9.26. The summed E-state index contributed by atoms with van der Waals surface area (Å²) < 4.78 is 18.5. The van der Waals surface area contributed by atoms with Gasteiger partial charge in [-0.15, -0.1) is 12.4 Å². The number of nitrogens with two attached hydrogens (primary N) is 1. The molecule has 1 aromatic heterocycles. The molecule has 6 nitrogen and oxygen atoms in total. The SMILES string of the molecule is Cl.N#Cc1ccc(Oc2nc[nH]c(=O)c2N)cc1F. The van der Waals surface area contributed by atoms with E-state index in [0.717, 1.165) is 12.4 Å². The molecule has 2 rings (SSSR count). The quantitative estimate of drug-likeness (QED) is 0.870. The number of H-pyrrole nitrogens is 1. The Kier molecular flexibility index (Phi) is 4.45. The number of nitrogen functional groups attached to an aromatic ring is 1. The van der Waals surface area contributed by atoms with Gasteiger partial charge in [0, 0.05) is 6.07 Å². The summed E-state index contributed by atoms with van der Waals surface area (Å²) in [6.07, 6.45) is 1.12. The summed E-state index contributed by atoms with van der Waals surface area (Å²) in [5, 5.41) is 8.57. The van der Waals surface area contributed by atoms with Crippen LogP contribution in [0.2, 0.25) is 0 Å². The highest BCUT2D eigenvalue weighted by molar-refractivity contribution is 5.85. The molecule has 0 bridgehead atoms. The van der Waals surface area contributed by atoms with Crippen LogP contribution in [0.15, 0.2) is 29.3 Å². The molecule has 1 heterocycles. The molecule has 0 saturated heterocycles. The fourth-order valence-corrected chi connectivity index (χ4v) is 1.24. The summed E-state index contributed by atoms with van der Waals surface area (Å²) in [6.45, 7) is 0. The van der Waals surface area contributed by atoms with Gasteiger partial charge in [-0.1, -0.05) is 0 Å². The lowest BCUT2D eigenvalue weighted by Crippen LogP contribution is -2.13. The molecular weight excluding hydrogens is 275 g/mol. The molecule has 0 radical (unpaired) electrons. The van der Waals surface area contributed by atoms with E-state index in [1.165, 1.54) is 12.1 Å². The van der Waals surface area contributed by atoms with Gasteiger partial charge in [0.2, 0.25) is 5.88 Å². The lowest BCUT2D eigenvalue weighted by Gasteiger charge is -2.06. The minimum atomic E-state index is -0.724. The molecule has 0 atom stereocenters. The number of rotatable bonds is 2. The van der Waals surface area contributed by atoms with E-state index in [1.807, 2.05) is 0 Å². The summed E-state index contributed by atoms with van der Waals surface area (Å²) in [5.74, 6) is -0.752. The highest BCUT2D eigenvalue weighted by Gasteiger charge is 2.09. The van der Waals surface area contributed by atoms with Crippen molar-refractivity contribution in [3.8, 4) is 17.7 Å². The molecule has 0 saturated carbocycles. The number of halogens is 2. The van der Waals surface area contributed by atoms with Crippen molar-refractivity contribution in [2.24, 2.45) is 0 Å². The van der Waals surface area contributed by atoms with Gasteiger partial charge in [0.15, 0.2) is 5.69 Å². The standard InChI is InChI=1S/C11H7FN4O2.ClH/c12-8-3-7(2-1-6(8)4-13)18-11-9(14)10(17)15-5-16-11;/h1-3,5H,14H2,(H,15,16,17);1H. The van der Waals surface area contributed by atoms with Crippen molar-refractivity contribution < 1.29 is 9.13 Å². The third-order valence-corrected chi connectivity index (χ3v) is 2.13. The van der Waals surface area contributed by atoms with E-state index in [4.69, 9.17) is 15.7 Å². The number of nitrogens with one attached hydrogen (secondary N) is 1. The molecule has 3 N–H and O–H groups in total. The maximum Gasteiger partial charge on any atom is 0.277 e. The van der Waals surface area contributed by atoms with Crippen LogP contribution >= 0.6 is 12.4 Å². The average Bonchev–Trinajstić information content (AvgIpc) is 2.35. The second kappa shape index (κ2) is 5.84. The minimum absolute atomic E-state index is 0. The first-order chi connectivity index (χ1) is 8.61. The van der Waals surface area contributed by atoms with Gasteiger partial charge >= 0.3 is 0 Å². The highest BCUT2D eigenvalue weighted by atomic mass is 35.5. The van der Waals surface area contributed by atoms with Crippen molar-refractivity contribution in [1.82, 2.24) is 9.97 Å². The molecule has 0 spiro atoms. The fraction of sp³-hybridized carbons (Fsp3) is 0. The second-order valence-electron chi connectivity index (χ2n) is 3.31. The van der Waals surface area contributed by atoms with Crippen molar-refractivity contribution in [2.45, 2.75) is 0 Å². The number of benzene rings is 1. The third kappa shape index (κ3) is 3.00. The number of anilines is 1. The number of nitrogens with zero attached hydrogens (tertiary/aromatic N) is 2. The smallest absolute Gasteiger partial charge is 0.277 e. The van der Waals surface area contributed by atoms with Crippen molar-refractivity contribution in [3.63, 3.8) is 0 Å². The van der Waals surface area contributed by atoms with Crippen LogP contribution in [0.3, 0.4) is 0 Å². The molecule has 0 aliphatic rings. The van der Waals surface area contributed by atoms with E-state index in [-0.39, 0.29) is 35.3 Å². The summed E-state index contributed by atoms with van der Waals surface area (Å²) in [6, 6.07) is 5.33. The summed E-state index contributed by atoms with van der Waals surface area (Å²) in [5.41, 5.74) is 4.59. The first-order valence-corrected chi connectivity index (χ1v) is 4.82. The third-order valence-electron chi connectivity index (χ3n) is 2.13. The van der Waals surface area contributed by atoms with E-state index in [1.54, 1.807) is 6.07 Å². The zero-order valence-corrected chi connectivity index (χ0v) is 10.2. The first-order valence-electron chi connectivity index (χ1n) is 4.82. The van der Waals surface area contributed by atoms with E-state index in [2.05, 4.69) is 9.97 Å². The maximum atomic E-state index is 13.3. The number of aromatic amines is 1. The van der Waals surface area contributed by atoms with Crippen molar-refractivity contribution in [3.05, 3.63) is 46.3 Å². The molecular formula is C11H8ClFN4O2. The molecule has 0 amide bonds. The van der Waals surface area contributed by atoms with Gasteiger partial charge in [0.1, 0.15) is 17.6 Å². The second-order valence-corrected chi connectivity index (χ2v) is 3.31. The van der Waals surface area contributed by atoms with Crippen LogP contribution < -0.4 is 16.0 Å². The van der Waals surface area contributed by atoms with Gasteiger partial charge in [-0.25, -0.2) is 9.37 Å². The fourth-order valence-electron chi connectivity index (χ4n) is 1.24. The first kappa shape index (κ1) is 14.5. The number of nitriles is 1. The van der Waals surface area contributed by atoms with E-state index >= 15 is 0 Å². The molecule has 2 aromatic rings. The summed E-state index contributed by atoms with van der Waals surface area (Å²) >= 11 is 0. The number of hydrogen-bond donors (Lipinski definition) is 2. The van der Waals surface area contributed by atoms with Gasteiger partial charge in [0.25, 0.3) is 5.56 Å². The highest BCUT2D eigenvalue weighted by Crippen LogP contribution is 2.23. The predicted octanol–water partition coefficient (Wildman–Crippen LogP) is 1.58. The number of aromatic nitrogens is 2. The van der Waals surface area contributed by atoms with Crippen molar-refractivity contribution in [2.75, 3.05) is 5.73 Å². The lowest BCUT2D eigenvalue weighted by atomic mass is 10.2. The van der Waals surface area contributed by atoms with Crippen molar-refractivity contribution in [1.29, 1.82) is 5.26 Å². The van der Waals surface area contributed by atoms with Crippen LogP contribution in [0.1, 0.15) is 5.56 Å². The predicted molar refractivity (Wildman–Crippen MR) is 67.7 cm³/mol. The largest absolute Gasteiger partial charge is 0.437 e. The molecule has 0 unspecified atom stereocenters. The Morgan fingerprint density at radius 3 is 2.84 bits per heavy atom. The Morgan fingerprint density at radius 2 is 2.21 bits per heavy atom. The van der Waals surface area contributed by atoms with Crippen LogP contribution in [-0.2, 0) is 0 Å². The van der Waals surface area contributed by atoms with E-state index in [0.29, 0.717) is 0 Å². The van der Waals surface area contributed by atoms with Crippen LogP contribution in [0, 0.1) is 17.1 Å². The lowest BCUT2D eigenvalue weighted by molar-refractivity contribution is 0.458. The van der Waals surface area contributed by atoms with Crippen LogP contribution in [0.4, 0.5) is 10.1 Å². The minimum Gasteiger partial charge on any atom is -0.437 e. The zero-order valence-electron chi connectivity index (χ0n) is 9.38. The Bertz CT molecular complexity index is 696. The summed E-state index contributed by atoms with van der Waals surface area (Å²) in [4.78, 5) is 17.2. The average molecular weight is 283 g/mol. The Balaban J connectivity index is 0.00000180. The zero-order chi connectivity index (χ0) is 13.1. The number of ether oxygens (including phenoxy) is 1. The van der Waals surface area contributed by atoms with Gasteiger partial charge in [-0.2, -0.15) is 5.26 Å². The monoisotopic (exact) mass is 282 g/mol. The molecule has 0 aliphatic carbocycles. The Morgan fingerprint density at radius 1 is 1.47 bits per heavy atom. The van der Waals surface area contributed by atoms with Gasteiger partial charge in [0.05, 0.1) is 11.9 Å². The van der Waals surface area contributed by atoms with Crippen LogP contribution in [-0.4, -0.2) is 9.97 Å². The molecule has 1 aromatic carbocycles. The molecule has 98 valence electrons. The van der Waals surface area contributed by atoms with Crippen LogP contribution in [0.5, 0.6) is 11.6 Å². The van der Waals surface area contributed by atoms with Crippen molar-refractivity contribution >= 4 is 18.1 Å².